The summed E-state index contributed by atoms with van der Waals surface area (Å²) in [5, 5.41) is 5.12. The van der Waals surface area contributed by atoms with Gasteiger partial charge in [-0.3, -0.25) is 9.69 Å². The van der Waals surface area contributed by atoms with Crippen LogP contribution in [0.1, 0.15) is 21.8 Å². The fraction of sp³-hybridized carbons (Fsp3) is 0.292. The Kier molecular flexibility index (Phi) is 5.70. The molecule has 1 aliphatic rings. The lowest BCUT2D eigenvalue weighted by molar-refractivity contribution is 0.0628. The highest BCUT2D eigenvalue weighted by atomic mass is 16.5. The molecule has 8 heteroatoms. The highest BCUT2D eigenvalue weighted by molar-refractivity contribution is 5.98. The molecule has 0 saturated carbocycles. The van der Waals surface area contributed by atoms with Gasteiger partial charge in [0.05, 0.1) is 0 Å². The first-order valence-corrected chi connectivity index (χ1v) is 10.7. The number of hydrogen-bond donors (Lipinski definition) is 1. The third-order valence-corrected chi connectivity index (χ3v) is 5.82. The summed E-state index contributed by atoms with van der Waals surface area (Å²) in [5.41, 5.74) is 3.86. The van der Waals surface area contributed by atoms with E-state index in [2.05, 4.69) is 32.2 Å². The van der Waals surface area contributed by atoms with Gasteiger partial charge in [-0.25, -0.2) is 0 Å². The summed E-state index contributed by atoms with van der Waals surface area (Å²) < 4.78 is 10.2. The number of nitrogens with one attached hydrogen (secondary N) is 1. The molecule has 4 aromatic rings. The quantitative estimate of drug-likeness (QED) is 0.504. The van der Waals surface area contributed by atoms with Crippen LogP contribution in [0.15, 0.2) is 59.3 Å². The van der Waals surface area contributed by atoms with Crippen LogP contribution < -0.4 is 0 Å². The molecule has 0 aliphatic carbocycles. The number of amides is 1. The monoisotopic (exact) mass is 431 g/mol. The molecule has 164 valence electrons. The average Bonchev–Trinajstić information content (AvgIpc) is 3.49. The Hall–Kier alpha value is -3.49. The van der Waals surface area contributed by atoms with E-state index in [1.54, 1.807) is 7.11 Å². The highest BCUT2D eigenvalue weighted by Gasteiger charge is 2.22. The maximum absolute atomic E-state index is 12.9. The topological polar surface area (TPSA) is 87.5 Å². The molecule has 32 heavy (non-hydrogen) atoms. The van der Waals surface area contributed by atoms with Crippen molar-refractivity contribution in [3.05, 3.63) is 71.7 Å². The zero-order valence-corrected chi connectivity index (χ0v) is 18.0. The van der Waals surface area contributed by atoms with E-state index in [9.17, 15) is 4.79 Å². The van der Waals surface area contributed by atoms with Crippen LogP contribution in [-0.4, -0.2) is 64.1 Å². The van der Waals surface area contributed by atoms with Gasteiger partial charge in [-0.05, 0) is 29.1 Å². The Morgan fingerprint density at radius 2 is 1.91 bits per heavy atom. The molecule has 3 heterocycles. The molecule has 0 atom stereocenters. The van der Waals surface area contributed by atoms with Crippen LogP contribution in [0.5, 0.6) is 0 Å². The van der Waals surface area contributed by atoms with E-state index in [0.717, 1.165) is 54.8 Å². The van der Waals surface area contributed by atoms with Gasteiger partial charge < -0.3 is 19.1 Å². The predicted octanol–water partition coefficient (Wildman–Crippen LogP) is 3.32. The van der Waals surface area contributed by atoms with Crippen LogP contribution in [-0.2, 0) is 17.9 Å². The van der Waals surface area contributed by atoms with Crippen LogP contribution in [0.25, 0.3) is 22.3 Å². The van der Waals surface area contributed by atoms with Crippen molar-refractivity contribution in [1.82, 2.24) is 24.9 Å². The molecule has 1 saturated heterocycles. The molecule has 1 amide bonds. The van der Waals surface area contributed by atoms with Crippen molar-refractivity contribution in [3.63, 3.8) is 0 Å². The summed E-state index contributed by atoms with van der Waals surface area (Å²) >= 11 is 0. The van der Waals surface area contributed by atoms with Gasteiger partial charge in [-0.1, -0.05) is 35.5 Å². The summed E-state index contributed by atoms with van der Waals surface area (Å²) in [7, 11) is 1.59. The first kappa shape index (κ1) is 20.4. The third kappa shape index (κ3) is 4.28. The molecule has 0 bridgehead atoms. The number of hydrogen-bond acceptors (Lipinski definition) is 6. The predicted molar refractivity (Wildman–Crippen MR) is 120 cm³/mol. The lowest BCUT2D eigenvalue weighted by atomic mass is 10.1. The number of nitrogens with zero attached hydrogens (tertiary/aromatic N) is 4. The van der Waals surface area contributed by atoms with Crippen molar-refractivity contribution < 1.29 is 14.1 Å². The molecular formula is C24H25N5O3. The van der Waals surface area contributed by atoms with Crippen molar-refractivity contribution in [2.45, 2.75) is 13.2 Å². The van der Waals surface area contributed by atoms with Gasteiger partial charge in [0.2, 0.25) is 5.82 Å². The zero-order chi connectivity index (χ0) is 21.9. The normalized spacial score (nSPS) is 14.8. The minimum atomic E-state index is 0.0958. The Morgan fingerprint density at radius 3 is 2.69 bits per heavy atom. The Morgan fingerprint density at radius 1 is 1.09 bits per heavy atom. The molecule has 1 aliphatic heterocycles. The van der Waals surface area contributed by atoms with E-state index in [0.29, 0.717) is 18.3 Å². The molecule has 0 spiro atoms. The summed E-state index contributed by atoms with van der Waals surface area (Å²) in [6.07, 6.45) is 1.89. The first-order chi connectivity index (χ1) is 15.7. The minimum Gasteiger partial charge on any atom is -0.375 e. The third-order valence-electron chi connectivity index (χ3n) is 5.82. The zero-order valence-electron chi connectivity index (χ0n) is 18.0. The number of H-pyrrole nitrogens is 1. The number of carbonyl (C=O) groups is 1. The van der Waals surface area contributed by atoms with Gasteiger partial charge >= 0.3 is 0 Å². The maximum atomic E-state index is 12.9. The minimum absolute atomic E-state index is 0.0958. The molecule has 2 aromatic heterocycles. The number of ether oxygens (including phenoxy) is 1. The van der Waals surface area contributed by atoms with Crippen molar-refractivity contribution in [3.8, 4) is 11.4 Å². The fourth-order valence-electron chi connectivity index (χ4n) is 4.04. The van der Waals surface area contributed by atoms with E-state index in [-0.39, 0.29) is 5.91 Å². The van der Waals surface area contributed by atoms with Crippen LogP contribution in [0.3, 0.4) is 0 Å². The van der Waals surface area contributed by atoms with Gasteiger partial charge in [-0.15, -0.1) is 0 Å². The molecule has 1 fully saturated rings. The molecule has 0 radical (unpaired) electrons. The van der Waals surface area contributed by atoms with E-state index in [1.165, 1.54) is 5.56 Å². The van der Waals surface area contributed by atoms with Crippen molar-refractivity contribution >= 4 is 16.8 Å². The van der Waals surface area contributed by atoms with Crippen molar-refractivity contribution in [2.24, 2.45) is 0 Å². The molecule has 1 N–H and O–H groups in total. The second-order valence-corrected chi connectivity index (χ2v) is 7.99. The Labute approximate surface area is 185 Å². The van der Waals surface area contributed by atoms with Crippen LogP contribution >= 0.6 is 0 Å². The molecular weight excluding hydrogens is 406 g/mol. The summed E-state index contributed by atoms with van der Waals surface area (Å²) in [5.74, 6) is 1.12. The fourth-order valence-corrected chi connectivity index (χ4v) is 4.04. The van der Waals surface area contributed by atoms with E-state index < -0.39 is 0 Å². The van der Waals surface area contributed by atoms with Crippen molar-refractivity contribution in [1.29, 1.82) is 0 Å². The largest absolute Gasteiger partial charge is 0.375 e. The number of aromatic nitrogens is 3. The maximum Gasteiger partial charge on any atom is 0.254 e. The number of piperazine rings is 1. The highest BCUT2D eigenvalue weighted by Crippen LogP contribution is 2.19. The second kappa shape index (κ2) is 8.94. The summed E-state index contributed by atoms with van der Waals surface area (Å²) in [6, 6.07) is 16.0. The summed E-state index contributed by atoms with van der Waals surface area (Å²) in [4.78, 5) is 24.7. The SMILES string of the molecule is COCc1nc(-c2ccc(CN3CCN(C(=O)c4ccc5cc[nH]c5c4)CC3)cc2)no1. The Bertz CT molecular complexity index is 1210. The molecule has 2 aromatic carbocycles. The number of methoxy groups -OCH3 is 1. The van der Waals surface area contributed by atoms with Gasteiger partial charge in [0, 0.05) is 62.7 Å². The number of benzene rings is 2. The first-order valence-electron chi connectivity index (χ1n) is 10.7. The average molecular weight is 431 g/mol. The van der Waals surface area contributed by atoms with Gasteiger partial charge in [0.1, 0.15) is 6.61 Å². The van der Waals surface area contributed by atoms with Gasteiger partial charge in [0.15, 0.2) is 0 Å². The molecule has 5 rings (SSSR count). The lowest BCUT2D eigenvalue weighted by Crippen LogP contribution is -2.48. The number of fused-ring (bicyclic) bond motifs is 1. The number of rotatable bonds is 6. The standard InChI is InChI=1S/C24H25N5O3/c1-31-16-22-26-23(27-32-22)19-4-2-17(3-5-19)15-28-10-12-29(13-11-28)24(30)20-7-6-18-8-9-25-21(18)14-20/h2-9,14,25H,10-13,15-16H2,1H3. The summed E-state index contributed by atoms with van der Waals surface area (Å²) in [6.45, 7) is 4.31. The van der Waals surface area contributed by atoms with Gasteiger partial charge in [-0.2, -0.15) is 4.98 Å². The lowest BCUT2D eigenvalue weighted by Gasteiger charge is -2.34. The van der Waals surface area contributed by atoms with Crippen LogP contribution in [0.4, 0.5) is 0 Å². The second-order valence-electron chi connectivity index (χ2n) is 7.99. The van der Waals surface area contributed by atoms with Crippen LogP contribution in [0, 0.1) is 0 Å². The molecule has 8 nitrogen and oxygen atoms in total. The van der Waals surface area contributed by atoms with Gasteiger partial charge in [0.25, 0.3) is 11.8 Å². The van der Waals surface area contributed by atoms with Crippen LogP contribution in [0.2, 0.25) is 0 Å². The smallest absolute Gasteiger partial charge is 0.254 e. The Balaban J connectivity index is 1.16. The van der Waals surface area contributed by atoms with Crippen molar-refractivity contribution in [2.75, 3.05) is 33.3 Å². The number of aromatic amines is 1. The van der Waals surface area contributed by atoms with E-state index >= 15 is 0 Å². The van der Waals surface area contributed by atoms with E-state index in [1.807, 2.05) is 47.5 Å². The number of carbonyl (C=O) groups excluding carboxylic acids is 1. The molecule has 0 unspecified atom stereocenters. The van der Waals surface area contributed by atoms with E-state index in [4.69, 9.17) is 9.26 Å².